The van der Waals surface area contributed by atoms with Crippen LogP contribution in [0.3, 0.4) is 0 Å². The maximum Gasteiger partial charge on any atom is 0.338 e. The van der Waals surface area contributed by atoms with Crippen LogP contribution in [-0.2, 0) is 19.1 Å². The highest BCUT2D eigenvalue weighted by atomic mass is 127. The van der Waals surface area contributed by atoms with Crippen molar-refractivity contribution in [3.63, 3.8) is 0 Å². The van der Waals surface area contributed by atoms with E-state index in [9.17, 15) is 19.5 Å². The number of hydrogen-bond acceptors (Lipinski definition) is 7. The number of benzene rings is 1. The summed E-state index contributed by atoms with van der Waals surface area (Å²) in [5.41, 5.74) is -1.64. The number of rotatable bonds is 2. The number of fused-ring (bicyclic) bond motifs is 1. The molecule has 0 aromatic heterocycles. The van der Waals surface area contributed by atoms with Gasteiger partial charge in [0.1, 0.15) is 16.9 Å². The number of hydrogen-bond donors (Lipinski definition) is 1. The number of ketones is 2. The zero-order chi connectivity index (χ0) is 19.4. The number of esters is 1. The lowest BCUT2D eigenvalue weighted by molar-refractivity contribution is -0.138. The second kappa shape index (κ2) is 6.51. The van der Waals surface area contributed by atoms with Gasteiger partial charge in [0.2, 0.25) is 5.78 Å². The van der Waals surface area contributed by atoms with Gasteiger partial charge in [0.15, 0.2) is 17.3 Å². The van der Waals surface area contributed by atoms with Crippen LogP contribution >= 0.6 is 45.2 Å². The molecule has 7 nitrogen and oxygen atoms in total. The second-order valence-corrected chi connectivity index (χ2v) is 7.74. The average molecular weight is 582 g/mol. The molecule has 0 saturated carbocycles. The summed E-state index contributed by atoms with van der Waals surface area (Å²) in [6.07, 6.45) is 2.07. The molecule has 1 aliphatic carbocycles. The lowest BCUT2D eigenvalue weighted by Gasteiger charge is -2.31. The van der Waals surface area contributed by atoms with Crippen molar-refractivity contribution >= 4 is 62.7 Å². The average Bonchev–Trinajstić information content (AvgIpc) is 2.93. The number of Topliss-reactive ketones (excluding diaryl/α,β-unsaturated/α-hetero) is 1. The number of methoxy groups -OCH3 is 2. The maximum absolute atomic E-state index is 13.3. The van der Waals surface area contributed by atoms with Crippen molar-refractivity contribution < 1.29 is 33.7 Å². The van der Waals surface area contributed by atoms with Crippen LogP contribution in [0, 0.1) is 14.1 Å². The largest absolute Gasteiger partial charge is 0.506 e. The third-order valence-corrected chi connectivity index (χ3v) is 6.86. The molecule has 1 aromatic rings. The maximum atomic E-state index is 13.3. The lowest BCUT2D eigenvalue weighted by Crippen LogP contribution is -2.49. The Balaban J connectivity index is 2.35. The molecule has 1 aromatic carbocycles. The number of aromatic hydroxyl groups is 1. The summed E-state index contributed by atoms with van der Waals surface area (Å²) in [5.74, 6) is -2.38. The predicted molar refractivity (Wildman–Crippen MR) is 106 cm³/mol. The number of phenols is 1. The Labute approximate surface area is 175 Å². The summed E-state index contributed by atoms with van der Waals surface area (Å²) < 4.78 is 17.0. The van der Waals surface area contributed by atoms with Crippen molar-refractivity contribution in [1.82, 2.24) is 0 Å². The zero-order valence-electron chi connectivity index (χ0n) is 13.8. The Morgan fingerprint density at radius 3 is 2.42 bits per heavy atom. The monoisotopic (exact) mass is 582 g/mol. The fraction of sp³-hybridized carbons (Fsp3) is 0.235. The highest BCUT2D eigenvalue weighted by molar-refractivity contribution is 14.1. The van der Waals surface area contributed by atoms with E-state index in [0.717, 1.165) is 24.8 Å². The molecule has 0 saturated heterocycles. The van der Waals surface area contributed by atoms with E-state index in [0.29, 0.717) is 7.14 Å². The van der Waals surface area contributed by atoms with E-state index >= 15 is 0 Å². The third kappa shape index (κ3) is 2.39. The molecule has 9 heteroatoms. The Morgan fingerprint density at radius 2 is 1.85 bits per heavy atom. The van der Waals surface area contributed by atoms with E-state index in [4.69, 9.17) is 14.2 Å². The fourth-order valence-electron chi connectivity index (χ4n) is 2.96. The second-order valence-electron chi connectivity index (χ2n) is 5.58. The number of allylic oxidation sites excluding steroid dienone is 2. The Hall–Kier alpha value is -1.63. The van der Waals surface area contributed by atoms with Gasteiger partial charge in [-0.15, -0.1) is 0 Å². The quantitative estimate of drug-likeness (QED) is 0.423. The van der Waals surface area contributed by atoms with Gasteiger partial charge in [0.25, 0.3) is 5.60 Å². The SMILES string of the molecule is COC(=O)C1=CC(=O)C=C(OC)[C@]12Oc1c(I)c(C)c(I)c(O)c1C2=O. The first kappa shape index (κ1) is 19.1. The van der Waals surface area contributed by atoms with Crippen molar-refractivity contribution in [2.24, 2.45) is 0 Å². The van der Waals surface area contributed by atoms with E-state index in [1.54, 1.807) is 6.92 Å². The smallest absolute Gasteiger partial charge is 0.338 e. The normalized spacial score (nSPS) is 21.1. The molecule has 1 N–H and O–H groups in total. The van der Waals surface area contributed by atoms with Crippen molar-refractivity contribution in [3.05, 3.63) is 41.8 Å². The number of halogens is 2. The van der Waals surface area contributed by atoms with Gasteiger partial charge in [-0.3, -0.25) is 9.59 Å². The summed E-state index contributed by atoms with van der Waals surface area (Å²) >= 11 is 3.94. The highest BCUT2D eigenvalue weighted by Gasteiger charge is 2.61. The first-order valence-electron chi connectivity index (χ1n) is 7.25. The summed E-state index contributed by atoms with van der Waals surface area (Å²) in [5, 5.41) is 10.5. The molecule has 0 amide bonds. The van der Waals surface area contributed by atoms with Crippen molar-refractivity contribution in [2.75, 3.05) is 14.2 Å². The number of carbonyl (C=O) groups excluding carboxylic acids is 3. The standard InChI is InChI=1S/C17H12I2O7/c1-6-11(18)13(21)10-14(12(6)19)26-17(15(10)22)8(16(23)25-3)4-7(20)5-9(17)24-2/h4-5,21H,1-3H3/t17-/m1/s1. The molecule has 0 fully saturated rings. The fourth-order valence-corrected chi connectivity index (χ4v) is 4.66. The molecule has 2 aliphatic rings. The van der Waals surface area contributed by atoms with E-state index in [2.05, 4.69) is 0 Å². The van der Waals surface area contributed by atoms with E-state index in [1.807, 2.05) is 45.2 Å². The van der Waals surface area contributed by atoms with Crippen LogP contribution < -0.4 is 4.74 Å². The van der Waals surface area contributed by atoms with E-state index in [-0.39, 0.29) is 28.4 Å². The summed E-state index contributed by atoms with van der Waals surface area (Å²) in [6.45, 7) is 1.77. The molecule has 3 rings (SSSR count). The van der Waals surface area contributed by atoms with E-state index < -0.39 is 23.1 Å². The molecule has 1 aliphatic heterocycles. The van der Waals surface area contributed by atoms with Gasteiger partial charge in [-0.1, -0.05) is 0 Å². The third-order valence-electron chi connectivity index (χ3n) is 4.24. The Bertz CT molecular complexity index is 945. The molecule has 0 radical (unpaired) electrons. The zero-order valence-corrected chi connectivity index (χ0v) is 18.1. The van der Waals surface area contributed by atoms with Crippen molar-refractivity contribution in [2.45, 2.75) is 12.5 Å². The molecule has 0 bridgehead atoms. The van der Waals surface area contributed by atoms with Crippen LogP contribution in [0.4, 0.5) is 0 Å². The molecule has 136 valence electrons. The number of phenolic OH excluding ortho intramolecular Hbond substituents is 1. The van der Waals surface area contributed by atoms with Gasteiger partial charge in [-0.25, -0.2) is 4.79 Å². The molecular formula is C17H12I2O7. The van der Waals surface area contributed by atoms with Gasteiger partial charge in [-0.2, -0.15) is 0 Å². The van der Waals surface area contributed by atoms with Gasteiger partial charge < -0.3 is 19.3 Å². The molecule has 0 unspecified atom stereocenters. The topological polar surface area (TPSA) is 99.1 Å². The van der Waals surface area contributed by atoms with Crippen LogP contribution in [0.1, 0.15) is 15.9 Å². The van der Waals surface area contributed by atoms with Gasteiger partial charge in [0, 0.05) is 12.2 Å². The van der Waals surface area contributed by atoms with Crippen molar-refractivity contribution in [1.29, 1.82) is 0 Å². The van der Waals surface area contributed by atoms with Gasteiger partial charge >= 0.3 is 5.97 Å². The number of ether oxygens (including phenoxy) is 3. The molecule has 1 spiro atoms. The first-order valence-corrected chi connectivity index (χ1v) is 9.41. The van der Waals surface area contributed by atoms with Crippen LogP contribution in [0.5, 0.6) is 11.5 Å². The summed E-state index contributed by atoms with van der Waals surface area (Å²) in [4.78, 5) is 37.6. The van der Waals surface area contributed by atoms with Crippen LogP contribution in [-0.4, -0.2) is 42.5 Å². The van der Waals surface area contributed by atoms with Gasteiger partial charge in [0.05, 0.1) is 21.4 Å². The van der Waals surface area contributed by atoms with E-state index in [1.165, 1.54) is 7.11 Å². The summed E-state index contributed by atoms with van der Waals surface area (Å²) in [6, 6.07) is 0. The Morgan fingerprint density at radius 1 is 1.19 bits per heavy atom. The molecule has 1 heterocycles. The van der Waals surface area contributed by atoms with Gasteiger partial charge in [-0.05, 0) is 57.7 Å². The minimum absolute atomic E-state index is 0.0588. The molecule has 26 heavy (non-hydrogen) atoms. The molecular weight excluding hydrogens is 570 g/mol. The molecule has 1 atom stereocenters. The number of carbonyl (C=O) groups is 3. The minimum Gasteiger partial charge on any atom is -0.506 e. The highest BCUT2D eigenvalue weighted by Crippen LogP contribution is 2.52. The van der Waals surface area contributed by atoms with Crippen LogP contribution in [0.2, 0.25) is 0 Å². The predicted octanol–water partition coefficient (Wildman–Crippen LogP) is 2.44. The van der Waals surface area contributed by atoms with Crippen LogP contribution in [0.15, 0.2) is 23.5 Å². The lowest BCUT2D eigenvalue weighted by atomic mass is 9.81. The Kier molecular flexibility index (Phi) is 4.80. The summed E-state index contributed by atoms with van der Waals surface area (Å²) in [7, 11) is 2.40. The van der Waals surface area contributed by atoms with Crippen LogP contribution in [0.25, 0.3) is 0 Å². The first-order chi connectivity index (χ1) is 12.2. The van der Waals surface area contributed by atoms with Crippen molar-refractivity contribution in [3.8, 4) is 11.5 Å². The minimum atomic E-state index is -2.01.